The van der Waals surface area contributed by atoms with Crippen molar-refractivity contribution in [1.82, 2.24) is 19.9 Å². The summed E-state index contributed by atoms with van der Waals surface area (Å²) in [6.07, 6.45) is 3.20. The molecule has 0 unspecified atom stereocenters. The first kappa shape index (κ1) is 37.0. The van der Waals surface area contributed by atoms with Gasteiger partial charge in [-0.15, -0.1) is 0 Å². The molecule has 5 heterocycles. The largest absolute Gasteiger partial charge is 0.474 e. The van der Waals surface area contributed by atoms with Gasteiger partial charge >= 0.3 is 12.2 Å². The minimum atomic E-state index is -0.740. The molecule has 280 valence electrons. The Balaban J connectivity index is 1.18. The number of amides is 2. The lowest BCUT2D eigenvalue weighted by atomic mass is 10.0. The van der Waals surface area contributed by atoms with Crippen molar-refractivity contribution in [3.05, 3.63) is 53.2 Å². The van der Waals surface area contributed by atoms with E-state index in [-0.39, 0.29) is 12.2 Å². The molecule has 2 aromatic heterocycles. The number of nitrogens with one attached hydrogen (secondary N) is 1. The predicted octanol–water partition coefficient (Wildman–Crippen LogP) is 5.83. The number of aromatic nitrogens is 3. The van der Waals surface area contributed by atoms with Gasteiger partial charge in [0.25, 0.3) is 0 Å². The first-order valence-corrected chi connectivity index (χ1v) is 17.7. The van der Waals surface area contributed by atoms with E-state index in [1.54, 1.807) is 50.2 Å². The first-order chi connectivity index (χ1) is 24.6. The number of benzene rings is 1. The van der Waals surface area contributed by atoms with Crippen LogP contribution in [0.15, 0.2) is 30.6 Å². The monoisotopic (exact) mass is 720 g/mol. The molecule has 6 rings (SSSR count). The molecule has 1 fully saturated rings. The molecule has 1 aromatic carbocycles. The second kappa shape index (κ2) is 15.1. The molecule has 2 amide bonds. The molecule has 1 N–H and O–H groups in total. The number of rotatable bonds is 7. The molecule has 3 aliphatic heterocycles. The van der Waals surface area contributed by atoms with Crippen LogP contribution in [-0.4, -0.2) is 102 Å². The highest BCUT2D eigenvalue weighted by Gasteiger charge is 2.33. The number of halogens is 1. The topological polar surface area (TPSA) is 135 Å². The van der Waals surface area contributed by atoms with E-state index in [0.717, 1.165) is 35.6 Å². The molecular formula is C37H49FN8O6. The molecule has 0 spiro atoms. The molecule has 3 aliphatic rings. The maximum absolute atomic E-state index is 15.8. The summed E-state index contributed by atoms with van der Waals surface area (Å²) in [5.41, 5.74) is 3.32. The van der Waals surface area contributed by atoms with Gasteiger partial charge in [0, 0.05) is 50.2 Å². The van der Waals surface area contributed by atoms with Gasteiger partial charge in [-0.3, -0.25) is 14.7 Å². The van der Waals surface area contributed by atoms with Crippen LogP contribution >= 0.6 is 0 Å². The molecule has 0 radical (unpaired) electrons. The van der Waals surface area contributed by atoms with Crippen LogP contribution in [0.3, 0.4) is 0 Å². The van der Waals surface area contributed by atoms with E-state index in [0.29, 0.717) is 75.6 Å². The third-order valence-corrected chi connectivity index (χ3v) is 8.82. The van der Waals surface area contributed by atoms with Gasteiger partial charge in [0.05, 0.1) is 49.6 Å². The Hall–Kier alpha value is -4.76. The highest BCUT2D eigenvalue weighted by atomic mass is 19.1. The molecule has 0 bridgehead atoms. The first-order valence-electron chi connectivity index (χ1n) is 17.7. The Morgan fingerprint density at radius 1 is 0.981 bits per heavy atom. The highest BCUT2D eigenvalue weighted by molar-refractivity contribution is 5.92. The van der Waals surface area contributed by atoms with Gasteiger partial charge in [-0.1, -0.05) is 0 Å². The van der Waals surface area contributed by atoms with Gasteiger partial charge in [-0.25, -0.2) is 28.9 Å². The Morgan fingerprint density at radius 3 is 2.44 bits per heavy atom. The summed E-state index contributed by atoms with van der Waals surface area (Å²) in [7, 11) is 0. The lowest BCUT2D eigenvalue weighted by Gasteiger charge is -2.35. The van der Waals surface area contributed by atoms with Gasteiger partial charge in [-0.05, 0) is 78.6 Å². The maximum atomic E-state index is 15.8. The molecular weight excluding hydrogens is 671 g/mol. The molecule has 0 saturated carbocycles. The number of ether oxygens (including phenoxy) is 4. The number of morpholine rings is 1. The average Bonchev–Trinajstić information content (AvgIpc) is 3.08. The van der Waals surface area contributed by atoms with E-state index in [4.69, 9.17) is 23.9 Å². The second-order valence-electron chi connectivity index (χ2n) is 15.1. The van der Waals surface area contributed by atoms with Crippen molar-refractivity contribution in [1.29, 1.82) is 0 Å². The summed E-state index contributed by atoms with van der Waals surface area (Å²) in [4.78, 5) is 47.5. The Kier molecular flexibility index (Phi) is 10.7. The zero-order chi connectivity index (χ0) is 37.2. The predicted molar refractivity (Wildman–Crippen MR) is 195 cm³/mol. The van der Waals surface area contributed by atoms with E-state index < -0.39 is 29.2 Å². The summed E-state index contributed by atoms with van der Waals surface area (Å²) >= 11 is 0. The van der Waals surface area contributed by atoms with Gasteiger partial charge in [0.15, 0.2) is 0 Å². The van der Waals surface area contributed by atoms with Crippen molar-refractivity contribution < 1.29 is 32.9 Å². The van der Waals surface area contributed by atoms with E-state index in [1.165, 1.54) is 11.0 Å². The number of hydrogen-bond acceptors (Lipinski definition) is 12. The molecule has 15 heteroatoms. The van der Waals surface area contributed by atoms with Gasteiger partial charge in [0.1, 0.15) is 29.3 Å². The van der Waals surface area contributed by atoms with Gasteiger partial charge in [0.2, 0.25) is 11.8 Å². The van der Waals surface area contributed by atoms with Crippen molar-refractivity contribution >= 4 is 40.9 Å². The third-order valence-electron chi connectivity index (χ3n) is 8.82. The summed E-state index contributed by atoms with van der Waals surface area (Å²) in [5, 5.41) is 3.13. The standard InChI is InChI=1S/C37H49FN8O6/c1-24-30(22-39-32-31(24)46(16-19-50-32)35(48)52-37(5,6)7)44-11-10-25-21-40-33(42-28(25)23-44)41-26-8-9-29(27(38)20-26)45(34(47)51-36(2,3)4)13-12-43-14-17-49-18-15-43/h8-9,20-22H,10-19,23H2,1-7H3,(H,40,41,42). The fraction of sp³-hybridized carbons (Fsp3) is 0.541. The van der Waals surface area contributed by atoms with Crippen molar-refractivity contribution in [2.24, 2.45) is 0 Å². The Labute approximate surface area is 304 Å². The average molecular weight is 721 g/mol. The minimum absolute atomic E-state index is 0.125. The summed E-state index contributed by atoms with van der Waals surface area (Å²) < 4.78 is 38.4. The molecule has 1 saturated heterocycles. The highest BCUT2D eigenvalue weighted by Crippen LogP contribution is 2.40. The quantitative estimate of drug-likeness (QED) is 0.315. The van der Waals surface area contributed by atoms with Gasteiger partial charge < -0.3 is 29.2 Å². The SMILES string of the molecule is Cc1c(N2CCc3cnc(Nc4ccc(N(CCN5CCOCC5)C(=O)OC(C)(C)C)c(F)c4)nc3C2)cnc2c1N(C(=O)OC(C)(C)C)CCO2. The van der Waals surface area contributed by atoms with Crippen LogP contribution < -0.4 is 24.8 Å². The van der Waals surface area contributed by atoms with Crippen molar-refractivity contribution in [2.45, 2.75) is 72.6 Å². The van der Waals surface area contributed by atoms with E-state index in [1.807, 2.05) is 27.7 Å². The Morgan fingerprint density at radius 2 is 1.73 bits per heavy atom. The summed E-state index contributed by atoms with van der Waals surface area (Å²) in [5.74, 6) is 0.129. The van der Waals surface area contributed by atoms with Crippen LogP contribution in [0.4, 0.5) is 42.7 Å². The molecule has 0 atom stereocenters. The van der Waals surface area contributed by atoms with Crippen LogP contribution in [0.1, 0.15) is 58.4 Å². The van der Waals surface area contributed by atoms with Crippen LogP contribution in [0, 0.1) is 12.7 Å². The number of carbonyl (C=O) groups is 2. The number of pyridine rings is 1. The second-order valence-corrected chi connectivity index (χ2v) is 15.1. The lowest BCUT2D eigenvalue weighted by molar-refractivity contribution is 0.0375. The normalized spacial score (nSPS) is 16.4. The van der Waals surface area contributed by atoms with Gasteiger partial charge in [-0.2, -0.15) is 0 Å². The number of hydrogen-bond donors (Lipinski definition) is 1. The maximum Gasteiger partial charge on any atom is 0.415 e. The van der Waals surface area contributed by atoms with Crippen LogP contribution in [0.5, 0.6) is 5.88 Å². The van der Waals surface area contributed by atoms with Crippen molar-refractivity contribution in [3.63, 3.8) is 0 Å². The van der Waals surface area contributed by atoms with E-state index in [2.05, 4.69) is 25.1 Å². The Bertz CT molecular complexity index is 1790. The fourth-order valence-electron chi connectivity index (χ4n) is 6.34. The van der Waals surface area contributed by atoms with Crippen molar-refractivity contribution in [2.75, 3.05) is 79.1 Å². The number of carbonyl (C=O) groups excluding carboxylic acids is 2. The summed E-state index contributed by atoms with van der Waals surface area (Å²) in [6, 6.07) is 4.59. The van der Waals surface area contributed by atoms with Crippen LogP contribution in [0.25, 0.3) is 0 Å². The molecule has 52 heavy (non-hydrogen) atoms. The minimum Gasteiger partial charge on any atom is -0.474 e. The number of nitrogens with zero attached hydrogens (tertiary/aromatic N) is 7. The van der Waals surface area contributed by atoms with Crippen LogP contribution in [-0.2, 0) is 27.2 Å². The number of anilines is 5. The number of fused-ring (bicyclic) bond motifs is 2. The fourth-order valence-corrected chi connectivity index (χ4v) is 6.34. The molecule has 14 nitrogen and oxygen atoms in total. The van der Waals surface area contributed by atoms with E-state index in [9.17, 15) is 9.59 Å². The molecule has 0 aliphatic carbocycles. The van der Waals surface area contributed by atoms with Crippen LogP contribution in [0.2, 0.25) is 0 Å². The van der Waals surface area contributed by atoms with Crippen molar-refractivity contribution in [3.8, 4) is 5.88 Å². The zero-order valence-corrected chi connectivity index (χ0v) is 31.1. The lowest BCUT2D eigenvalue weighted by Crippen LogP contribution is -2.45. The summed E-state index contributed by atoms with van der Waals surface area (Å²) in [6.45, 7) is 18.2. The zero-order valence-electron chi connectivity index (χ0n) is 31.1. The smallest absolute Gasteiger partial charge is 0.415 e. The molecule has 3 aromatic rings. The van der Waals surface area contributed by atoms with E-state index >= 15 is 4.39 Å². The third kappa shape index (κ3) is 8.81.